The molecular weight excluding hydrogens is 781 g/mol. The molecule has 63 heavy (non-hydrogen) atoms. The second-order valence-corrected chi connectivity index (χ2v) is 16.5. The number of phenolic OH excluding ortho intramolecular Hbond substituents is 3. The largest absolute Gasteiger partial charge is 0.508 e. The highest BCUT2D eigenvalue weighted by Gasteiger charge is 2.19. The van der Waals surface area contributed by atoms with E-state index in [1.807, 2.05) is 54.6 Å². The number of aromatic amines is 4. The minimum atomic E-state index is 0.158. The van der Waals surface area contributed by atoms with Crippen LogP contribution in [0.1, 0.15) is 110 Å². The molecule has 1 aliphatic rings. The fourth-order valence-corrected chi connectivity index (χ4v) is 8.90. The van der Waals surface area contributed by atoms with Gasteiger partial charge in [-0.25, -0.2) is 0 Å². The maximum absolute atomic E-state index is 10.7. The number of fused-ring (bicyclic) bond motifs is 8. The van der Waals surface area contributed by atoms with E-state index in [0.717, 1.165) is 107 Å². The minimum Gasteiger partial charge on any atom is -0.508 e. The number of H-pyrrole nitrogens is 4. The van der Waals surface area contributed by atoms with Crippen LogP contribution in [0.3, 0.4) is 0 Å². The lowest BCUT2D eigenvalue weighted by Crippen LogP contribution is -2.19. The van der Waals surface area contributed by atoms with Crippen molar-refractivity contribution in [3.8, 4) is 23.0 Å². The van der Waals surface area contributed by atoms with Gasteiger partial charge in [0.25, 0.3) is 0 Å². The Kier molecular flexibility index (Phi) is 12.2. The van der Waals surface area contributed by atoms with Crippen molar-refractivity contribution in [2.24, 2.45) is 0 Å². The maximum Gasteiger partial charge on any atom is 0.119 e. The van der Waals surface area contributed by atoms with Crippen LogP contribution in [-0.2, 0) is 0 Å². The molecule has 0 radical (unpaired) electrons. The van der Waals surface area contributed by atoms with Crippen LogP contribution >= 0.6 is 0 Å². The standard InChI is InChI=1S/C55H54N4O4/c1-2-3-4-5-6-7-8-9-10-31-63-43-22-14-18-39(35-43)55-50-29-27-48(58-50)53(37-16-12-20-41(61)33-37)46-25-23-44(56-46)52(36-15-11-19-40(60)32-36)45-24-26-47(57-45)54(49-28-30-51(55)59-49)38-17-13-21-42(62)34-38/h11-30,32-35,56-62H,2-10,31H2,1H3. The van der Waals surface area contributed by atoms with Crippen LogP contribution in [0.2, 0.25) is 0 Å². The summed E-state index contributed by atoms with van der Waals surface area (Å²) in [6.45, 7) is 2.93. The van der Waals surface area contributed by atoms with Crippen LogP contribution in [0.4, 0.5) is 0 Å². The zero-order valence-corrected chi connectivity index (χ0v) is 35.7. The molecule has 0 saturated carbocycles. The second-order valence-electron chi connectivity index (χ2n) is 16.5. The van der Waals surface area contributed by atoms with Crippen LogP contribution in [0.5, 0.6) is 23.0 Å². The summed E-state index contributed by atoms with van der Waals surface area (Å²) in [5.74, 6) is 1.31. The fraction of sp³-hybridized carbons (Fsp3) is 0.200. The summed E-state index contributed by atoms with van der Waals surface area (Å²) >= 11 is 0. The second kappa shape index (κ2) is 18.7. The number of aromatic nitrogens is 4. The fourth-order valence-electron chi connectivity index (χ4n) is 8.90. The number of phenols is 3. The van der Waals surface area contributed by atoms with Gasteiger partial charge in [-0.2, -0.15) is 0 Å². The monoisotopic (exact) mass is 834 g/mol. The zero-order valence-electron chi connectivity index (χ0n) is 35.7. The van der Waals surface area contributed by atoms with E-state index < -0.39 is 0 Å². The SMILES string of the molecule is CCCCCCCCCCCOc1cccc(C2=c3ccc([nH]3)=C(c3cccc(O)c3)c3ccc([nH]3)C(c3cccc(O)c3)=c3ccc([nH]3)=C(c3cccc(O)c3)c3ccc2[nH]3)c1. The molecule has 4 aromatic carbocycles. The summed E-state index contributed by atoms with van der Waals surface area (Å²) in [5.41, 5.74) is 10.4. The Morgan fingerprint density at radius 1 is 0.365 bits per heavy atom. The average Bonchev–Trinajstić information content (AvgIpc) is 4.13. The average molecular weight is 835 g/mol. The highest BCUT2D eigenvalue weighted by molar-refractivity contribution is 5.85. The summed E-state index contributed by atoms with van der Waals surface area (Å²) in [7, 11) is 0. The first-order valence-corrected chi connectivity index (χ1v) is 22.3. The van der Waals surface area contributed by atoms with E-state index in [9.17, 15) is 15.3 Å². The van der Waals surface area contributed by atoms with Crippen molar-refractivity contribution in [1.29, 1.82) is 0 Å². The van der Waals surface area contributed by atoms with E-state index in [0.29, 0.717) is 6.61 Å². The van der Waals surface area contributed by atoms with Gasteiger partial charge in [0.15, 0.2) is 0 Å². The van der Waals surface area contributed by atoms with Gasteiger partial charge >= 0.3 is 0 Å². The molecule has 0 amide bonds. The molecule has 8 aromatic rings. The number of hydrogen-bond donors (Lipinski definition) is 7. The predicted molar refractivity (Wildman–Crippen MR) is 252 cm³/mol. The normalized spacial score (nSPS) is 12.6. The van der Waals surface area contributed by atoms with Gasteiger partial charge in [-0.05, 0) is 126 Å². The first kappa shape index (κ1) is 41.1. The number of nitrogens with one attached hydrogen (secondary N) is 4. The summed E-state index contributed by atoms with van der Waals surface area (Å²) in [5, 5.41) is 35.6. The Morgan fingerprint density at radius 3 is 1.10 bits per heavy atom. The van der Waals surface area contributed by atoms with E-state index in [2.05, 4.69) is 81.5 Å². The van der Waals surface area contributed by atoms with Crippen LogP contribution in [0.25, 0.3) is 22.3 Å². The molecule has 8 nitrogen and oxygen atoms in total. The van der Waals surface area contributed by atoms with Gasteiger partial charge in [-0.3, -0.25) is 0 Å². The minimum absolute atomic E-state index is 0.158. The molecule has 318 valence electrons. The van der Waals surface area contributed by atoms with Gasteiger partial charge in [0.2, 0.25) is 0 Å². The number of unbranched alkanes of at least 4 members (excludes halogenated alkanes) is 8. The van der Waals surface area contributed by atoms with Crippen molar-refractivity contribution in [3.63, 3.8) is 0 Å². The maximum atomic E-state index is 10.7. The highest BCUT2D eigenvalue weighted by Crippen LogP contribution is 2.31. The Hall–Kier alpha value is -7.32. The smallest absolute Gasteiger partial charge is 0.119 e. The van der Waals surface area contributed by atoms with E-state index in [1.54, 1.807) is 36.4 Å². The van der Waals surface area contributed by atoms with E-state index in [-0.39, 0.29) is 17.2 Å². The summed E-state index contributed by atoms with van der Waals surface area (Å²) < 4.78 is 6.40. The van der Waals surface area contributed by atoms with Gasteiger partial charge in [0.1, 0.15) is 23.0 Å². The molecule has 1 aliphatic heterocycles. The number of rotatable bonds is 15. The molecule has 4 aromatic heterocycles. The third-order valence-electron chi connectivity index (χ3n) is 11.9. The number of benzene rings is 4. The van der Waals surface area contributed by atoms with Gasteiger partial charge in [-0.15, -0.1) is 0 Å². The Bertz CT molecular complexity index is 3120. The van der Waals surface area contributed by atoms with Crippen LogP contribution in [0.15, 0.2) is 146 Å². The molecule has 0 unspecified atom stereocenters. The first-order valence-electron chi connectivity index (χ1n) is 22.3. The van der Waals surface area contributed by atoms with E-state index >= 15 is 0 Å². The van der Waals surface area contributed by atoms with Crippen LogP contribution in [-0.4, -0.2) is 41.9 Å². The molecule has 0 saturated heterocycles. The number of aromatic hydroxyl groups is 3. The molecule has 8 bridgehead atoms. The van der Waals surface area contributed by atoms with Crippen molar-refractivity contribution < 1.29 is 20.1 Å². The molecule has 0 fully saturated rings. The van der Waals surface area contributed by atoms with Crippen LogP contribution < -0.4 is 26.1 Å². The molecule has 0 aliphatic carbocycles. The first-order chi connectivity index (χ1) is 30.9. The topological polar surface area (TPSA) is 133 Å². The molecule has 9 rings (SSSR count). The number of ether oxygens (including phenoxy) is 1. The van der Waals surface area contributed by atoms with E-state index in [4.69, 9.17) is 4.74 Å². The molecule has 8 heteroatoms. The molecule has 0 spiro atoms. The summed E-state index contributed by atoms with van der Waals surface area (Å²) in [4.78, 5) is 15.1. The molecule has 0 atom stereocenters. The lowest BCUT2D eigenvalue weighted by Gasteiger charge is -2.11. The van der Waals surface area contributed by atoms with Gasteiger partial charge < -0.3 is 40.0 Å². The summed E-state index contributed by atoms with van der Waals surface area (Å²) in [6, 6.07) is 46.8. The lowest BCUT2D eigenvalue weighted by atomic mass is 10.0. The van der Waals surface area contributed by atoms with Crippen molar-refractivity contribution in [2.75, 3.05) is 6.61 Å². The Labute approximate surface area is 367 Å². The molecule has 5 heterocycles. The lowest BCUT2D eigenvalue weighted by molar-refractivity contribution is 0.304. The van der Waals surface area contributed by atoms with Crippen molar-refractivity contribution in [1.82, 2.24) is 19.9 Å². The Morgan fingerprint density at radius 2 is 0.714 bits per heavy atom. The predicted octanol–water partition coefficient (Wildman–Crippen LogP) is 9.33. The van der Waals surface area contributed by atoms with Crippen LogP contribution in [0, 0.1) is 0 Å². The summed E-state index contributed by atoms with van der Waals surface area (Å²) in [6.07, 6.45) is 11.3. The van der Waals surface area contributed by atoms with Gasteiger partial charge in [-0.1, -0.05) is 107 Å². The van der Waals surface area contributed by atoms with Crippen molar-refractivity contribution in [3.05, 3.63) is 212 Å². The molecular formula is C55H54N4O4. The molecule has 7 N–H and O–H groups in total. The van der Waals surface area contributed by atoms with Gasteiger partial charge in [0.05, 0.1) is 6.61 Å². The Balaban J connectivity index is 1.22. The van der Waals surface area contributed by atoms with Gasteiger partial charge in [0, 0.05) is 66.5 Å². The zero-order chi connectivity index (χ0) is 43.1. The number of hydrogen-bond acceptors (Lipinski definition) is 4. The van der Waals surface area contributed by atoms with E-state index in [1.165, 1.54) is 44.9 Å². The third kappa shape index (κ3) is 9.16. The third-order valence-corrected chi connectivity index (χ3v) is 11.9. The van der Waals surface area contributed by atoms with Crippen molar-refractivity contribution >= 4 is 22.3 Å². The van der Waals surface area contributed by atoms with Crippen molar-refractivity contribution in [2.45, 2.75) is 64.7 Å². The highest BCUT2D eigenvalue weighted by atomic mass is 16.5. The quantitative estimate of drug-likeness (QED) is 0.0519.